The second kappa shape index (κ2) is 5.93. The fourth-order valence-corrected chi connectivity index (χ4v) is 2.95. The molecule has 0 saturated carbocycles. The first-order chi connectivity index (χ1) is 9.83. The van der Waals surface area contributed by atoms with Gasteiger partial charge >= 0.3 is 0 Å². The van der Waals surface area contributed by atoms with Crippen molar-refractivity contribution in [1.82, 2.24) is 0 Å². The molecule has 0 heterocycles. The maximum Gasteiger partial charge on any atom is 0.0945 e. The van der Waals surface area contributed by atoms with Crippen LogP contribution in [-0.2, 0) is 5.75 Å². The molecule has 0 aliphatic rings. The van der Waals surface area contributed by atoms with Gasteiger partial charge in [0.15, 0.2) is 0 Å². The number of fused-ring (bicyclic) bond motifs is 1. The number of rotatable bonds is 3. The van der Waals surface area contributed by atoms with Crippen molar-refractivity contribution >= 4 is 27.6 Å². The van der Waals surface area contributed by atoms with Gasteiger partial charge in [0.2, 0.25) is 0 Å². The SMILES string of the molecule is N=C(SCc1ccc2ccccc2c1)c1ccccc1. The molecule has 0 unspecified atom stereocenters. The molecule has 3 aromatic carbocycles. The molecule has 0 spiro atoms. The van der Waals surface area contributed by atoms with E-state index in [-0.39, 0.29) is 0 Å². The lowest BCUT2D eigenvalue weighted by Gasteiger charge is -2.05. The van der Waals surface area contributed by atoms with Gasteiger partial charge < -0.3 is 0 Å². The minimum atomic E-state index is 0.624. The normalized spacial score (nSPS) is 10.6. The second-order valence-corrected chi connectivity index (χ2v) is 5.65. The number of thioether (sulfide) groups is 1. The fourth-order valence-electron chi connectivity index (χ4n) is 2.16. The van der Waals surface area contributed by atoms with Crippen LogP contribution >= 0.6 is 11.8 Å². The third-order valence-electron chi connectivity index (χ3n) is 3.23. The minimum Gasteiger partial charge on any atom is -0.293 e. The van der Waals surface area contributed by atoms with E-state index in [0.717, 1.165) is 11.3 Å². The number of hydrogen-bond acceptors (Lipinski definition) is 2. The third-order valence-corrected chi connectivity index (χ3v) is 4.24. The summed E-state index contributed by atoms with van der Waals surface area (Å²) in [5.41, 5.74) is 2.24. The lowest BCUT2D eigenvalue weighted by Crippen LogP contribution is -1.93. The number of nitrogens with one attached hydrogen (secondary N) is 1. The lowest BCUT2D eigenvalue weighted by atomic mass is 10.1. The highest BCUT2D eigenvalue weighted by molar-refractivity contribution is 8.13. The van der Waals surface area contributed by atoms with Crippen LogP contribution in [0.5, 0.6) is 0 Å². The molecule has 0 atom stereocenters. The zero-order valence-corrected chi connectivity index (χ0v) is 11.9. The van der Waals surface area contributed by atoms with Crippen LogP contribution in [0.1, 0.15) is 11.1 Å². The fraction of sp³-hybridized carbons (Fsp3) is 0.0556. The molecule has 0 aliphatic carbocycles. The Hall–Kier alpha value is -2.06. The highest BCUT2D eigenvalue weighted by Gasteiger charge is 2.03. The van der Waals surface area contributed by atoms with Crippen LogP contribution in [-0.4, -0.2) is 5.04 Å². The third kappa shape index (κ3) is 2.91. The van der Waals surface area contributed by atoms with Gasteiger partial charge in [0.25, 0.3) is 0 Å². The summed E-state index contributed by atoms with van der Waals surface area (Å²) in [7, 11) is 0. The predicted molar refractivity (Wildman–Crippen MR) is 88.5 cm³/mol. The highest BCUT2D eigenvalue weighted by Crippen LogP contribution is 2.21. The quantitative estimate of drug-likeness (QED) is 0.522. The van der Waals surface area contributed by atoms with E-state index in [1.54, 1.807) is 11.8 Å². The molecule has 20 heavy (non-hydrogen) atoms. The van der Waals surface area contributed by atoms with Gasteiger partial charge in [-0.2, -0.15) is 0 Å². The van der Waals surface area contributed by atoms with Crippen molar-refractivity contribution in [1.29, 1.82) is 5.41 Å². The van der Waals surface area contributed by atoms with Crippen LogP contribution in [0.25, 0.3) is 10.8 Å². The van der Waals surface area contributed by atoms with E-state index >= 15 is 0 Å². The molecular formula is C18H15NS. The maximum atomic E-state index is 8.10. The molecule has 2 heteroatoms. The Bertz CT molecular complexity index is 735. The lowest BCUT2D eigenvalue weighted by molar-refractivity contribution is 1.44. The minimum absolute atomic E-state index is 0.624. The Morgan fingerprint density at radius 1 is 0.800 bits per heavy atom. The highest BCUT2D eigenvalue weighted by atomic mass is 32.2. The molecule has 0 aliphatic heterocycles. The van der Waals surface area contributed by atoms with Crippen LogP contribution in [0.15, 0.2) is 72.8 Å². The molecule has 3 rings (SSSR count). The van der Waals surface area contributed by atoms with Crippen molar-refractivity contribution in [2.75, 3.05) is 0 Å². The molecule has 0 fully saturated rings. The summed E-state index contributed by atoms with van der Waals surface area (Å²) >= 11 is 1.57. The summed E-state index contributed by atoms with van der Waals surface area (Å²) in [6, 6.07) is 24.8. The first kappa shape index (κ1) is 12.9. The Kier molecular flexibility index (Phi) is 3.84. The van der Waals surface area contributed by atoms with Gasteiger partial charge in [-0.3, -0.25) is 5.41 Å². The van der Waals surface area contributed by atoms with E-state index in [1.165, 1.54) is 16.3 Å². The van der Waals surface area contributed by atoms with Gasteiger partial charge in [-0.25, -0.2) is 0 Å². The van der Waals surface area contributed by atoms with Gasteiger partial charge in [-0.1, -0.05) is 72.8 Å². The van der Waals surface area contributed by atoms with Crippen molar-refractivity contribution in [3.8, 4) is 0 Å². The van der Waals surface area contributed by atoms with Crippen LogP contribution in [0, 0.1) is 5.41 Å². The summed E-state index contributed by atoms with van der Waals surface area (Å²) < 4.78 is 0. The van der Waals surface area contributed by atoms with Crippen molar-refractivity contribution in [2.24, 2.45) is 0 Å². The van der Waals surface area contributed by atoms with Gasteiger partial charge in [0.05, 0.1) is 5.04 Å². The standard InChI is InChI=1S/C18H15NS/c19-18(16-7-2-1-3-8-16)20-13-14-10-11-15-6-4-5-9-17(15)12-14/h1-12,19H,13H2. The van der Waals surface area contributed by atoms with E-state index in [0.29, 0.717) is 5.04 Å². The molecule has 1 N–H and O–H groups in total. The number of hydrogen-bond donors (Lipinski definition) is 1. The van der Waals surface area contributed by atoms with Crippen LogP contribution in [0.4, 0.5) is 0 Å². The summed E-state index contributed by atoms with van der Waals surface area (Å²) in [5, 5.41) is 11.3. The number of benzene rings is 3. The average Bonchev–Trinajstić information content (AvgIpc) is 2.53. The predicted octanol–water partition coefficient (Wildman–Crippen LogP) is 5.10. The van der Waals surface area contributed by atoms with E-state index in [2.05, 4.69) is 42.5 Å². The average molecular weight is 277 g/mol. The van der Waals surface area contributed by atoms with Crippen LogP contribution in [0.3, 0.4) is 0 Å². The van der Waals surface area contributed by atoms with Crippen molar-refractivity contribution < 1.29 is 0 Å². The molecule has 0 bridgehead atoms. The topological polar surface area (TPSA) is 23.9 Å². The van der Waals surface area contributed by atoms with Crippen molar-refractivity contribution in [2.45, 2.75) is 5.75 Å². The Morgan fingerprint density at radius 2 is 1.50 bits per heavy atom. The summed E-state index contributed by atoms with van der Waals surface area (Å²) in [6.45, 7) is 0. The van der Waals surface area contributed by atoms with E-state index < -0.39 is 0 Å². The Morgan fingerprint density at radius 3 is 2.30 bits per heavy atom. The zero-order chi connectivity index (χ0) is 13.8. The Balaban J connectivity index is 1.72. The van der Waals surface area contributed by atoms with Gasteiger partial charge in [0, 0.05) is 11.3 Å². The van der Waals surface area contributed by atoms with Gasteiger partial charge in [0.1, 0.15) is 0 Å². The van der Waals surface area contributed by atoms with Crippen molar-refractivity contribution in [3.63, 3.8) is 0 Å². The second-order valence-electron chi connectivity index (χ2n) is 4.67. The molecule has 0 aromatic heterocycles. The largest absolute Gasteiger partial charge is 0.293 e. The zero-order valence-electron chi connectivity index (χ0n) is 11.0. The van der Waals surface area contributed by atoms with E-state index in [4.69, 9.17) is 5.41 Å². The molecular weight excluding hydrogens is 262 g/mol. The van der Waals surface area contributed by atoms with E-state index in [1.807, 2.05) is 30.3 Å². The monoisotopic (exact) mass is 277 g/mol. The first-order valence-electron chi connectivity index (χ1n) is 6.57. The summed E-state index contributed by atoms with van der Waals surface area (Å²) in [4.78, 5) is 0. The van der Waals surface area contributed by atoms with Gasteiger partial charge in [-0.15, -0.1) is 11.8 Å². The molecule has 0 saturated heterocycles. The molecule has 0 radical (unpaired) electrons. The van der Waals surface area contributed by atoms with Crippen LogP contribution in [0.2, 0.25) is 0 Å². The molecule has 3 aromatic rings. The van der Waals surface area contributed by atoms with E-state index in [9.17, 15) is 0 Å². The molecule has 0 amide bonds. The van der Waals surface area contributed by atoms with Crippen molar-refractivity contribution in [3.05, 3.63) is 83.9 Å². The molecule has 98 valence electrons. The first-order valence-corrected chi connectivity index (χ1v) is 7.56. The van der Waals surface area contributed by atoms with Gasteiger partial charge in [-0.05, 0) is 16.3 Å². The summed E-state index contributed by atoms with van der Waals surface area (Å²) in [6.07, 6.45) is 0. The molecule has 1 nitrogen and oxygen atoms in total. The maximum absolute atomic E-state index is 8.10. The Labute approximate surface area is 123 Å². The van der Waals surface area contributed by atoms with Crippen LogP contribution < -0.4 is 0 Å². The summed E-state index contributed by atoms with van der Waals surface area (Å²) in [5.74, 6) is 0.832. The smallest absolute Gasteiger partial charge is 0.0945 e.